The topological polar surface area (TPSA) is 42.0 Å². The van der Waals surface area contributed by atoms with Crippen molar-refractivity contribution >= 4 is 40.6 Å². The van der Waals surface area contributed by atoms with Gasteiger partial charge in [0.05, 0.1) is 15.7 Å². The molecule has 0 saturated carbocycles. The number of hydrogen-bond donors (Lipinski definition) is 1. The van der Waals surface area contributed by atoms with E-state index in [-0.39, 0.29) is 10.9 Å². The molecule has 98 valence electrons. The lowest BCUT2D eigenvalue weighted by Crippen LogP contribution is -2.07. The van der Waals surface area contributed by atoms with Gasteiger partial charge in [-0.25, -0.2) is 9.37 Å². The molecule has 0 radical (unpaired) electrons. The van der Waals surface area contributed by atoms with E-state index in [0.717, 1.165) is 10.7 Å². The van der Waals surface area contributed by atoms with Gasteiger partial charge in [0.25, 0.3) is 0 Å². The van der Waals surface area contributed by atoms with Gasteiger partial charge in [-0.2, -0.15) is 0 Å². The molecule has 2 aromatic rings. The van der Waals surface area contributed by atoms with Crippen molar-refractivity contribution in [1.29, 1.82) is 0 Å². The van der Waals surface area contributed by atoms with Crippen LogP contribution in [0.15, 0.2) is 29.7 Å². The molecule has 1 N–H and O–H groups in total. The van der Waals surface area contributed by atoms with Crippen LogP contribution in [-0.2, 0) is 4.79 Å². The molecule has 0 aliphatic carbocycles. The van der Waals surface area contributed by atoms with E-state index in [1.165, 1.54) is 35.6 Å². The van der Waals surface area contributed by atoms with E-state index in [1.807, 2.05) is 12.3 Å². The lowest BCUT2D eigenvalue weighted by atomic mass is 10.3. The van der Waals surface area contributed by atoms with Gasteiger partial charge in [0.15, 0.2) is 0 Å². The first-order chi connectivity index (χ1) is 9.04. The van der Waals surface area contributed by atoms with Gasteiger partial charge in [0.1, 0.15) is 5.82 Å². The monoisotopic (exact) mass is 296 g/mol. The van der Waals surface area contributed by atoms with Gasteiger partial charge in [0.2, 0.25) is 5.91 Å². The Kier molecular flexibility index (Phi) is 4.29. The van der Waals surface area contributed by atoms with E-state index >= 15 is 0 Å². The Morgan fingerprint density at radius 1 is 1.53 bits per heavy atom. The predicted octanol–water partition coefficient (Wildman–Crippen LogP) is 3.90. The zero-order chi connectivity index (χ0) is 13.8. The molecule has 0 fully saturated rings. The second-order valence-electron chi connectivity index (χ2n) is 3.74. The average Bonchev–Trinajstić information content (AvgIpc) is 2.77. The van der Waals surface area contributed by atoms with E-state index in [4.69, 9.17) is 11.6 Å². The number of hydrogen-bond acceptors (Lipinski definition) is 3. The number of anilines is 1. The number of aromatic nitrogens is 1. The molecule has 6 heteroatoms. The maximum atomic E-state index is 12.9. The van der Waals surface area contributed by atoms with Crippen LogP contribution < -0.4 is 5.32 Å². The van der Waals surface area contributed by atoms with Gasteiger partial charge in [-0.05, 0) is 31.2 Å². The van der Waals surface area contributed by atoms with Crippen LogP contribution in [0, 0.1) is 12.7 Å². The summed E-state index contributed by atoms with van der Waals surface area (Å²) in [6.07, 6.45) is 2.98. The molecule has 1 heterocycles. The Balaban J connectivity index is 2.01. The van der Waals surface area contributed by atoms with E-state index < -0.39 is 5.82 Å². The van der Waals surface area contributed by atoms with Crippen LogP contribution in [0.3, 0.4) is 0 Å². The van der Waals surface area contributed by atoms with Gasteiger partial charge in [-0.1, -0.05) is 11.6 Å². The Bertz CT molecular complexity index is 639. The van der Waals surface area contributed by atoms with Crippen molar-refractivity contribution in [2.75, 3.05) is 5.32 Å². The van der Waals surface area contributed by atoms with E-state index in [1.54, 1.807) is 6.08 Å². The van der Waals surface area contributed by atoms with Crippen LogP contribution >= 0.6 is 22.9 Å². The van der Waals surface area contributed by atoms with Gasteiger partial charge >= 0.3 is 0 Å². The van der Waals surface area contributed by atoms with Gasteiger partial charge in [-0.15, -0.1) is 11.3 Å². The van der Waals surface area contributed by atoms with Crippen LogP contribution in [0.4, 0.5) is 10.1 Å². The molecule has 1 aromatic heterocycles. The van der Waals surface area contributed by atoms with Gasteiger partial charge in [0, 0.05) is 17.1 Å². The molecular formula is C13H10ClFN2OS. The van der Waals surface area contributed by atoms with Crippen molar-refractivity contribution in [1.82, 2.24) is 4.98 Å². The fourth-order valence-electron chi connectivity index (χ4n) is 1.38. The number of halogens is 2. The minimum Gasteiger partial charge on any atom is -0.322 e. The third-order valence-corrected chi connectivity index (χ3v) is 3.31. The maximum absolute atomic E-state index is 12.9. The maximum Gasteiger partial charge on any atom is 0.248 e. The summed E-state index contributed by atoms with van der Waals surface area (Å²) in [6, 6.07) is 4.00. The summed E-state index contributed by atoms with van der Waals surface area (Å²) in [4.78, 5) is 15.8. The standard InChI is InChI=1S/C13H10ClFN2OS/c1-8-16-10(7-19-8)3-5-13(18)17-9-2-4-12(15)11(14)6-9/h2-7H,1H3,(H,17,18)/b5-3+. The fraction of sp³-hybridized carbons (Fsp3) is 0.0769. The summed E-state index contributed by atoms with van der Waals surface area (Å²) < 4.78 is 12.9. The first-order valence-electron chi connectivity index (χ1n) is 5.41. The molecule has 2 rings (SSSR count). The minimum absolute atomic E-state index is 0.0306. The van der Waals surface area contributed by atoms with Crippen molar-refractivity contribution in [3.63, 3.8) is 0 Å². The van der Waals surface area contributed by atoms with Gasteiger partial charge in [-0.3, -0.25) is 4.79 Å². The van der Waals surface area contributed by atoms with Crippen molar-refractivity contribution < 1.29 is 9.18 Å². The molecule has 0 aliphatic rings. The molecule has 3 nitrogen and oxygen atoms in total. The smallest absolute Gasteiger partial charge is 0.248 e. The molecule has 0 unspecified atom stereocenters. The summed E-state index contributed by atoms with van der Waals surface area (Å²) in [6.45, 7) is 1.89. The van der Waals surface area contributed by atoms with Crippen molar-refractivity contribution in [2.45, 2.75) is 6.92 Å². The van der Waals surface area contributed by atoms with Gasteiger partial charge < -0.3 is 5.32 Å². The zero-order valence-corrected chi connectivity index (χ0v) is 11.6. The molecule has 1 aromatic carbocycles. The summed E-state index contributed by atoms with van der Waals surface area (Å²) in [5.41, 5.74) is 1.17. The number of nitrogens with one attached hydrogen (secondary N) is 1. The lowest BCUT2D eigenvalue weighted by Gasteiger charge is -2.02. The Hall–Kier alpha value is -1.72. The molecular weight excluding hydrogens is 287 g/mol. The summed E-state index contributed by atoms with van der Waals surface area (Å²) in [5.74, 6) is -0.846. The summed E-state index contributed by atoms with van der Waals surface area (Å²) in [7, 11) is 0. The number of nitrogens with zero attached hydrogens (tertiary/aromatic N) is 1. The minimum atomic E-state index is -0.520. The molecule has 0 bridgehead atoms. The van der Waals surface area contributed by atoms with Crippen LogP contribution in [0.25, 0.3) is 6.08 Å². The zero-order valence-electron chi connectivity index (χ0n) is 9.98. The highest BCUT2D eigenvalue weighted by molar-refractivity contribution is 7.09. The van der Waals surface area contributed by atoms with Crippen molar-refractivity contribution in [3.8, 4) is 0 Å². The van der Waals surface area contributed by atoms with Crippen molar-refractivity contribution in [3.05, 3.63) is 51.2 Å². The second-order valence-corrected chi connectivity index (χ2v) is 5.21. The number of benzene rings is 1. The fourth-order valence-corrected chi connectivity index (χ4v) is 2.14. The van der Waals surface area contributed by atoms with Crippen LogP contribution in [0.2, 0.25) is 5.02 Å². The molecule has 0 atom stereocenters. The molecule has 19 heavy (non-hydrogen) atoms. The molecule has 0 saturated heterocycles. The third kappa shape index (κ3) is 3.87. The second kappa shape index (κ2) is 5.95. The summed E-state index contributed by atoms with van der Waals surface area (Å²) in [5, 5.41) is 5.35. The number of aryl methyl sites for hydroxylation is 1. The highest BCUT2D eigenvalue weighted by Crippen LogP contribution is 2.19. The van der Waals surface area contributed by atoms with Crippen LogP contribution in [0.1, 0.15) is 10.7 Å². The average molecular weight is 297 g/mol. The number of thiazole rings is 1. The molecule has 0 aliphatic heterocycles. The molecule has 1 amide bonds. The highest BCUT2D eigenvalue weighted by Gasteiger charge is 2.03. The van der Waals surface area contributed by atoms with Crippen LogP contribution in [0.5, 0.6) is 0 Å². The highest BCUT2D eigenvalue weighted by atomic mass is 35.5. The Morgan fingerprint density at radius 3 is 2.95 bits per heavy atom. The Labute approximate surface area is 118 Å². The Morgan fingerprint density at radius 2 is 2.32 bits per heavy atom. The van der Waals surface area contributed by atoms with E-state index in [2.05, 4.69) is 10.3 Å². The van der Waals surface area contributed by atoms with E-state index in [9.17, 15) is 9.18 Å². The van der Waals surface area contributed by atoms with Crippen LogP contribution in [-0.4, -0.2) is 10.9 Å². The number of rotatable bonds is 3. The summed E-state index contributed by atoms with van der Waals surface area (Å²) >= 11 is 7.13. The first kappa shape index (κ1) is 13.7. The van der Waals surface area contributed by atoms with Crippen molar-refractivity contribution in [2.24, 2.45) is 0 Å². The SMILES string of the molecule is Cc1nc(/C=C/C(=O)Nc2ccc(F)c(Cl)c2)cs1. The largest absolute Gasteiger partial charge is 0.322 e. The molecule has 0 spiro atoms. The number of carbonyl (C=O) groups is 1. The normalized spacial score (nSPS) is 10.9. The third-order valence-electron chi connectivity index (χ3n) is 2.23. The van der Waals surface area contributed by atoms with E-state index in [0.29, 0.717) is 5.69 Å². The number of carbonyl (C=O) groups excluding carboxylic acids is 1. The quantitative estimate of drug-likeness (QED) is 0.873. The lowest BCUT2D eigenvalue weighted by molar-refractivity contribution is -0.111. The number of amides is 1. The first-order valence-corrected chi connectivity index (χ1v) is 6.66. The predicted molar refractivity (Wildman–Crippen MR) is 75.9 cm³/mol.